The number of carbonyl (C=O) groups is 4. The number of likely N-dealkylation sites (tertiary alicyclic amines) is 1. The van der Waals surface area contributed by atoms with Gasteiger partial charge in [0.15, 0.2) is 0 Å². The zero-order valence-corrected chi connectivity index (χ0v) is 14.3. The van der Waals surface area contributed by atoms with Gasteiger partial charge in [-0.05, 0) is 38.8 Å². The van der Waals surface area contributed by atoms with Gasteiger partial charge in [-0.25, -0.2) is 4.79 Å². The smallest absolute Gasteiger partial charge is 0.344 e. The normalized spacial score (nSPS) is 24.4. The lowest BCUT2D eigenvalue weighted by Crippen LogP contribution is -2.53. The zero-order chi connectivity index (χ0) is 18.0. The molecule has 4 N–H and O–H groups in total. The van der Waals surface area contributed by atoms with Crippen LogP contribution in [0.1, 0.15) is 44.9 Å². The van der Waals surface area contributed by atoms with E-state index in [1.807, 2.05) is 4.90 Å². The molecule has 0 radical (unpaired) electrons. The Bertz CT molecular complexity index is 579. The Morgan fingerprint density at radius 3 is 2.40 bits per heavy atom. The van der Waals surface area contributed by atoms with Crippen molar-refractivity contribution in [2.75, 3.05) is 19.6 Å². The lowest BCUT2D eigenvalue weighted by molar-refractivity contribution is -0.140. The second-order valence-corrected chi connectivity index (χ2v) is 7.20. The Hall–Kier alpha value is -2.16. The quantitative estimate of drug-likeness (QED) is 0.587. The maximum atomic E-state index is 12.6. The van der Waals surface area contributed by atoms with E-state index in [1.54, 1.807) is 0 Å². The molecule has 2 heterocycles. The summed E-state index contributed by atoms with van der Waals surface area (Å²) in [5.74, 6) is -1.22. The summed E-state index contributed by atoms with van der Waals surface area (Å²) in [5, 5.41) is 3.58. The van der Waals surface area contributed by atoms with E-state index >= 15 is 0 Å². The third kappa shape index (κ3) is 3.60. The first-order valence-corrected chi connectivity index (χ1v) is 8.89. The fourth-order valence-corrected chi connectivity index (χ4v) is 3.95. The molecule has 138 valence electrons. The highest BCUT2D eigenvalue weighted by atomic mass is 16.2. The number of rotatable bonds is 4. The van der Waals surface area contributed by atoms with Crippen LogP contribution < -0.4 is 16.5 Å². The molecule has 3 aliphatic rings. The van der Waals surface area contributed by atoms with Crippen LogP contribution in [0.25, 0.3) is 0 Å². The highest BCUT2D eigenvalue weighted by molar-refractivity contribution is 6.08. The van der Waals surface area contributed by atoms with Gasteiger partial charge in [0.25, 0.3) is 11.8 Å². The lowest BCUT2D eigenvalue weighted by atomic mass is 9.82. The van der Waals surface area contributed by atoms with Gasteiger partial charge in [-0.1, -0.05) is 19.3 Å². The molecule has 0 unspecified atom stereocenters. The SMILES string of the molecule is NC(=O)C1CCN(CC(=O)NN2C(=O)NC3(CCCCC3)C2=O)CC1. The number of carbonyl (C=O) groups excluding carboxylic acids is 4. The average Bonchev–Trinajstić information content (AvgIpc) is 2.80. The number of amides is 5. The largest absolute Gasteiger partial charge is 0.369 e. The fourth-order valence-electron chi connectivity index (χ4n) is 3.95. The van der Waals surface area contributed by atoms with Crippen LogP contribution >= 0.6 is 0 Å². The molecule has 1 saturated carbocycles. The molecular weight excluding hydrogens is 326 g/mol. The van der Waals surface area contributed by atoms with E-state index in [9.17, 15) is 19.2 Å². The summed E-state index contributed by atoms with van der Waals surface area (Å²) < 4.78 is 0. The number of hydrogen-bond acceptors (Lipinski definition) is 5. The van der Waals surface area contributed by atoms with Crippen molar-refractivity contribution in [1.82, 2.24) is 20.7 Å². The van der Waals surface area contributed by atoms with Crippen molar-refractivity contribution < 1.29 is 19.2 Å². The molecule has 0 atom stereocenters. The summed E-state index contributed by atoms with van der Waals surface area (Å²) in [6.45, 7) is 1.26. The summed E-state index contributed by atoms with van der Waals surface area (Å²) >= 11 is 0. The molecule has 9 nitrogen and oxygen atoms in total. The molecule has 1 spiro atoms. The fraction of sp³-hybridized carbons (Fsp3) is 0.750. The Labute approximate surface area is 146 Å². The number of imide groups is 1. The first kappa shape index (κ1) is 17.7. The van der Waals surface area contributed by atoms with Crippen molar-refractivity contribution in [2.24, 2.45) is 11.7 Å². The van der Waals surface area contributed by atoms with Gasteiger partial charge in [0, 0.05) is 5.92 Å². The van der Waals surface area contributed by atoms with Crippen LogP contribution in [0, 0.1) is 5.92 Å². The molecular formula is C16H25N5O4. The monoisotopic (exact) mass is 351 g/mol. The first-order valence-electron chi connectivity index (χ1n) is 8.89. The van der Waals surface area contributed by atoms with Gasteiger partial charge in [-0.2, -0.15) is 5.01 Å². The highest BCUT2D eigenvalue weighted by Gasteiger charge is 2.52. The molecule has 5 amide bonds. The molecule has 0 bridgehead atoms. The van der Waals surface area contributed by atoms with Gasteiger partial charge in [0.05, 0.1) is 6.54 Å². The minimum absolute atomic E-state index is 0.0789. The molecule has 2 aliphatic heterocycles. The number of hydrazine groups is 1. The van der Waals surface area contributed by atoms with E-state index in [1.165, 1.54) is 0 Å². The van der Waals surface area contributed by atoms with E-state index in [0.717, 1.165) is 24.3 Å². The molecule has 0 aromatic heterocycles. The average molecular weight is 351 g/mol. The number of nitrogens with two attached hydrogens (primary N) is 1. The maximum absolute atomic E-state index is 12.6. The van der Waals surface area contributed by atoms with Crippen LogP contribution in [-0.2, 0) is 14.4 Å². The predicted octanol–water partition coefficient (Wildman–Crippen LogP) is -0.530. The van der Waals surface area contributed by atoms with Crippen LogP contribution in [-0.4, -0.2) is 58.8 Å². The third-order valence-corrected chi connectivity index (χ3v) is 5.46. The topological polar surface area (TPSA) is 125 Å². The number of nitrogens with zero attached hydrogens (tertiary/aromatic N) is 2. The predicted molar refractivity (Wildman–Crippen MR) is 87.7 cm³/mol. The molecule has 3 fully saturated rings. The molecule has 0 aromatic carbocycles. The van der Waals surface area contributed by atoms with Crippen molar-refractivity contribution >= 4 is 23.8 Å². The number of nitrogens with one attached hydrogen (secondary N) is 2. The van der Waals surface area contributed by atoms with Gasteiger partial charge in [0.1, 0.15) is 5.54 Å². The number of primary amides is 1. The van der Waals surface area contributed by atoms with Crippen LogP contribution in [0.15, 0.2) is 0 Å². The van der Waals surface area contributed by atoms with E-state index in [-0.39, 0.29) is 24.3 Å². The van der Waals surface area contributed by atoms with E-state index in [0.29, 0.717) is 38.8 Å². The zero-order valence-electron chi connectivity index (χ0n) is 14.3. The number of piperidine rings is 1. The van der Waals surface area contributed by atoms with Crippen LogP contribution in [0.4, 0.5) is 4.79 Å². The van der Waals surface area contributed by atoms with Gasteiger partial charge in [0.2, 0.25) is 5.91 Å². The standard InChI is InChI=1S/C16H25N5O4/c17-13(23)11-4-8-20(9-5-11)10-12(22)19-21-14(24)16(18-15(21)25)6-2-1-3-7-16/h11H,1-10H2,(H2,17,23)(H,18,25)(H,19,22). The highest BCUT2D eigenvalue weighted by Crippen LogP contribution is 2.32. The summed E-state index contributed by atoms with van der Waals surface area (Å²) in [4.78, 5) is 50.0. The lowest BCUT2D eigenvalue weighted by Gasteiger charge is -2.31. The second kappa shape index (κ2) is 6.99. The molecule has 0 aromatic rings. The summed E-state index contributed by atoms with van der Waals surface area (Å²) in [6, 6.07) is -0.562. The Morgan fingerprint density at radius 1 is 1.16 bits per heavy atom. The van der Waals surface area contributed by atoms with E-state index < -0.39 is 17.5 Å². The van der Waals surface area contributed by atoms with Gasteiger partial charge < -0.3 is 11.1 Å². The second-order valence-electron chi connectivity index (χ2n) is 7.20. The van der Waals surface area contributed by atoms with Crippen molar-refractivity contribution in [3.8, 4) is 0 Å². The van der Waals surface area contributed by atoms with E-state index in [2.05, 4.69) is 10.7 Å². The summed E-state index contributed by atoms with van der Waals surface area (Å²) in [6.07, 6.45) is 5.31. The van der Waals surface area contributed by atoms with Crippen molar-refractivity contribution in [2.45, 2.75) is 50.5 Å². The van der Waals surface area contributed by atoms with Crippen LogP contribution in [0.3, 0.4) is 0 Å². The molecule has 1 aliphatic carbocycles. The molecule has 25 heavy (non-hydrogen) atoms. The number of hydrogen-bond donors (Lipinski definition) is 3. The van der Waals surface area contributed by atoms with Gasteiger partial charge in [-0.3, -0.25) is 24.7 Å². The third-order valence-electron chi connectivity index (χ3n) is 5.46. The minimum Gasteiger partial charge on any atom is -0.369 e. The maximum Gasteiger partial charge on any atom is 0.344 e. The van der Waals surface area contributed by atoms with Gasteiger partial charge >= 0.3 is 6.03 Å². The Kier molecular flexibility index (Phi) is 4.94. The molecule has 2 saturated heterocycles. The molecule has 9 heteroatoms. The van der Waals surface area contributed by atoms with Crippen LogP contribution in [0.2, 0.25) is 0 Å². The van der Waals surface area contributed by atoms with Crippen molar-refractivity contribution in [3.63, 3.8) is 0 Å². The van der Waals surface area contributed by atoms with Crippen molar-refractivity contribution in [1.29, 1.82) is 0 Å². The van der Waals surface area contributed by atoms with E-state index in [4.69, 9.17) is 5.73 Å². The first-order chi connectivity index (χ1) is 11.9. The Morgan fingerprint density at radius 2 is 1.80 bits per heavy atom. The van der Waals surface area contributed by atoms with Crippen LogP contribution in [0.5, 0.6) is 0 Å². The van der Waals surface area contributed by atoms with Gasteiger partial charge in [-0.15, -0.1) is 0 Å². The van der Waals surface area contributed by atoms with Crippen molar-refractivity contribution in [3.05, 3.63) is 0 Å². The summed E-state index contributed by atoms with van der Waals surface area (Å²) in [7, 11) is 0. The summed E-state index contributed by atoms with van der Waals surface area (Å²) in [5.41, 5.74) is 6.88. The molecule has 3 rings (SSSR count). The minimum atomic E-state index is -0.845. The number of urea groups is 1. The Balaban J connectivity index is 1.52.